The van der Waals surface area contributed by atoms with Gasteiger partial charge in [0.2, 0.25) is 16.4 Å². The van der Waals surface area contributed by atoms with Crippen molar-refractivity contribution in [3.05, 3.63) is 28.8 Å². The van der Waals surface area contributed by atoms with E-state index in [9.17, 15) is 18.0 Å². The largest absolute Gasteiger partial charge is 0.342 e. The lowest BCUT2D eigenvalue weighted by atomic mass is 10.2. The lowest BCUT2D eigenvalue weighted by Gasteiger charge is -2.32. The number of hydrogen-bond donors (Lipinski definition) is 1. The van der Waals surface area contributed by atoms with Crippen LogP contribution in [0.4, 0.5) is 0 Å². The van der Waals surface area contributed by atoms with E-state index in [4.69, 9.17) is 16.7 Å². The van der Waals surface area contributed by atoms with Crippen molar-refractivity contribution >= 4 is 33.9 Å². The van der Waals surface area contributed by atoms with Crippen LogP contribution in [0.3, 0.4) is 0 Å². The molecular formula is C12H14ClN3O4S. The Hall–Kier alpha value is -1.64. The second kappa shape index (κ2) is 6.00. The maximum Gasteiger partial charge on any atom is 0.254 e. The zero-order valence-electron chi connectivity index (χ0n) is 11.0. The number of nitrogens with zero attached hydrogens (tertiary/aromatic N) is 2. The third-order valence-corrected chi connectivity index (χ3v) is 4.63. The highest BCUT2D eigenvalue weighted by Crippen LogP contribution is 2.22. The van der Waals surface area contributed by atoms with Gasteiger partial charge in [-0.15, -0.1) is 0 Å². The monoisotopic (exact) mass is 331 g/mol. The summed E-state index contributed by atoms with van der Waals surface area (Å²) in [6.07, 6.45) is 0.739. The van der Waals surface area contributed by atoms with E-state index < -0.39 is 10.0 Å². The number of halogens is 1. The second-order valence-electron chi connectivity index (χ2n) is 4.62. The fourth-order valence-corrected chi connectivity index (χ4v) is 3.14. The first kappa shape index (κ1) is 15.7. The fourth-order valence-electron chi connectivity index (χ4n) is 2.07. The molecule has 0 aliphatic carbocycles. The minimum Gasteiger partial charge on any atom is -0.342 e. The zero-order chi connectivity index (χ0) is 15.6. The molecule has 2 rings (SSSR count). The van der Waals surface area contributed by atoms with E-state index in [2.05, 4.69) is 0 Å². The van der Waals surface area contributed by atoms with Crippen LogP contribution < -0.4 is 5.14 Å². The van der Waals surface area contributed by atoms with Crippen molar-refractivity contribution in [1.29, 1.82) is 0 Å². The molecule has 1 saturated heterocycles. The Bertz CT molecular complexity index is 669. The first-order valence-electron chi connectivity index (χ1n) is 6.14. The molecule has 1 aromatic carbocycles. The zero-order valence-corrected chi connectivity index (χ0v) is 12.6. The Kier molecular flexibility index (Phi) is 4.50. The SMILES string of the molecule is NS(=O)(=O)c1cc(C(=O)N2CCN(C=O)CC2)ccc1Cl. The molecule has 2 N–H and O–H groups in total. The van der Waals surface area contributed by atoms with Crippen LogP contribution in [0.5, 0.6) is 0 Å². The Morgan fingerprint density at radius 2 is 1.86 bits per heavy atom. The molecule has 0 aromatic heterocycles. The van der Waals surface area contributed by atoms with E-state index in [0.717, 1.165) is 6.41 Å². The average molecular weight is 332 g/mol. The number of rotatable bonds is 3. The van der Waals surface area contributed by atoms with Gasteiger partial charge >= 0.3 is 0 Å². The van der Waals surface area contributed by atoms with Crippen LogP contribution in [-0.4, -0.2) is 56.7 Å². The molecule has 21 heavy (non-hydrogen) atoms. The number of amides is 2. The second-order valence-corrected chi connectivity index (χ2v) is 6.56. The van der Waals surface area contributed by atoms with E-state index >= 15 is 0 Å². The Morgan fingerprint density at radius 1 is 1.24 bits per heavy atom. The Balaban J connectivity index is 2.23. The topological polar surface area (TPSA) is 101 Å². The van der Waals surface area contributed by atoms with E-state index in [1.807, 2.05) is 0 Å². The molecule has 0 unspecified atom stereocenters. The van der Waals surface area contributed by atoms with Crippen molar-refractivity contribution in [2.24, 2.45) is 5.14 Å². The summed E-state index contributed by atoms with van der Waals surface area (Å²) in [6, 6.07) is 3.95. The summed E-state index contributed by atoms with van der Waals surface area (Å²) >= 11 is 5.78. The van der Waals surface area contributed by atoms with Crippen LogP contribution in [-0.2, 0) is 14.8 Å². The molecule has 1 aliphatic heterocycles. The summed E-state index contributed by atoms with van der Waals surface area (Å²) in [4.78, 5) is 25.8. The van der Waals surface area contributed by atoms with Crippen LogP contribution in [0.1, 0.15) is 10.4 Å². The van der Waals surface area contributed by atoms with Gasteiger partial charge in [0.05, 0.1) is 5.02 Å². The van der Waals surface area contributed by atoms with Crippen molar-refractivity contribution in [3.8, 4) is 0 Å². The molecule has 1 fully saturated rings. The number of primary sulfonamides is 1. The van der Waals surface area contributed by atoms with Crippen molar-refractivity contribution in [2.45, 2.75) is 4.90 Å². The first-order valence-corrected chi connectivity index (χ1v) is 8.06. The van der Waals surface area contributed by atoms with Crippen LogP contribution >= 0.6 is 11.6 Å². The maximum atomic E-state index is 12.3. The Morgan fingerprint density at radius 3 is 2.38 bits per heavy atom. The molecule has 0 radical (unpaired) electrons. The van der Waals surface area contributed by atoms with Gasteiger partial charge in [0, 0.05) is 31.7 Å². The van der Waals surface area contributed by atoms with Gasteiger partial charge in [0.25, 0.3) is 5.91 Å². The van der Waals surface area contributed by atoms with Crippen molar-refractivity contribution in [2.75, 3.05) is 26.2 Å². The molecule has 114 valence electrons. The van der Waals surface area contributed by atoms with E-state index in [0.29, 0.717) is 26.2 Å². The molecule has 2 amide bonds. The van der Waals surface area contributed by atoms with Crippen molar-refractivity contribution < 1.29 is 18.0 Å². The number of sulfonamides is 1. The smallest absolute Gasteiger partial charge is 0.254 e. The van der Waals surface area contributed by atoms with Gasteiger partial charge in [-0.1, -0.05) is 11.6 Å². The normalized spacial score (nSPS) is 15.9. The molecule has 9 heteroatoms. The Labute approximate surface area is 127 Å². The lowest BCUT2D eigenvalue weighted by molar-refractivity contribution is -0.119. The fraction of sp³-hybridized carbons (Fsp3) is 0.333. The summed E-state index contributed by atoms with van der Waals surface area (Å²) in [7, 11) is -3.99. The molecule has 7 nitrogen and oxygen atoms in total. The molecule has 0 atom stereocenters. The summed E-state index contributed by atoms with van der Waals surface area (Å²) in [5.41, 5.74) is 0.197. The van der Waals surface area contributed by atoms with Gasteiger partial charge in [-0.2, -0.15) is 0 Å². The quantitative estimate of drug-likeness (QED) is 0.781. The van der Waals surface area contributed by atoms with Gasteiger partial charge < -0.3 is 9.80 Å². The van der Waals surface area contributed by atoms with E-state index in [1.54, 1.807) is 9.80 Å². The standard InChI is InChI=1S/C12H14ClN3O4S/c13-10-2-1-9(7-11(10)21(14,19)20)12(18)16-5-3-15(8-17)4-6-16/h1-2,7-8H,3-6H2,(H2,14,19,20). The highest BCUT2D eigenvalue weighted by molar-refractivity contribution is 7.89. The predicted octanol–water partition coefficient (Wildman–Crippen LogP) is -0.0984. The number of nitrogens with two attached hydrogens (primary N) is 1. The van der Waals surface area contributed by atoms with Crippen molar-refractivity contribution in [1.82, 2.24) is 9.80 Å². The highest BCUT2D eigenvalue weighted by Gasteiger charge is 2.23. The van der Waals surface area contributed by atoms with Crippen molar-refractivity contribution in [3.63, 3.8) is 0 Å². The highest BCUT2D eigenvalue weighted by atomic mass is 35.5. The van der Waals surface area contributed by atoms with Crippen LogP contribution in [0.25, 0.3) is 0 Å². The summed E-state index contributed by atoms with van der Waals surface area (Å²) < 4.78 is 22.8. The van der Waals surface area contributed by atoms with Gasteiger partial charge in [-0.05, 0) is 18.2 Å². The van der Waals surface area contributed by atoms with Gasteiger partial charge in [-0.3, -0.25) is 9.59 Å². The maximum absolute atomic E-state index is 12.3. The number of benzene rings is 1. The first-order chi connectivity index (χ1) is 9.82. The predicted molar refractivity (Wildman–Crippen MR) is 76.4 cm³/mol. The van der Waals surface area contributed by atoms with Crippen LogP contribution in [0, 0.1) is 0 Å². The number of carbonyl (C=O) groups excluding carboxylic acids is 2. The average Bonchev–Trinajstić information content (AvgIpc) is 2.46. The number of piperazine rings is 1. The third kappa shape index (κ3) is 3.52. The van der Waals surface area contributed by atoms with Crippen LogP contribution in [0.15, 0.2) is 23.1 Å². The van der Waals surface area contributed by atoms with Gasteiger partial charge in [0.1, 0.15) is 4.90 Å². The van der Waals surface area contributed by atoms with Gasteiger partial charge in [-0.25, -0.2) is 13.6 Å². The molecule has 0 spiro atoms. The summed E-state index contributed by atoms with van der Waals surface area (Å²) in [5, 5.41) is 5.03. The minimum absolute atomic E-state index is 0.0279. The van der Waals surface area contributed by atoms with E-state index in [1.165, 1.54) is 18.2 Å². The summed E-state index contributed by atoms with van der Waals surface area (Å²) in [6.45, 7) is 1.69. The molecule has 1 aliphatic rings. The number of hydrogen-bond acceptors (Lipinski definition) is 4. The van der Waals surface area contributed by atoms with E-state index in [-0.39, 0.29) is 21.4 Å². The third-order valence-electron chi connectivity index (χ3n) is 3.24. The molecule has 0 bridgehead atoms. The molecule has 1 aromatic rings. The molecule has 0 saturated carbocycles. The summed E-state index contributed by atoms with van der Waals surface area (Å²) in [5.74, 6) is -0.317. The number of carbonyl (C=O) groups is 2. The minimum atomic E-state index is -3.99. The van der Waals surface area contributed by atoms with Crippen LogP contribution in [0.2, 0.25) is 5.02 Å². The lowest BCUT2D eigenvalue weighted by Crippen LogP contribution is -2.48. The molecule has 1 heterocycles. The molecular weight excluding hydrogens is 318 g/mol. The van der Waals surface area contributed by atoms with Gasteiger partial charge in [0.15, 0.2) is 0 Å².